The van der Waals surface area contributed by atoms with Crippen molar-refractivity contribution >= 4 is 34.8 Å². The molecule has 4 rings (SSSR count). The largest absolute Gasteiger partial charge is 0.339 e. The Hall–Kier alpha value is -2.48. The predicted octanol–water partition coefficient (Wildman–Crippen LogP) is 4.65. The highest BCUT2D eigenvalue weighted by Gasteiger charge is 2.25. The summed E-state index contributed by atoms with van der Waals surface area (Å²) in [5.41, 5.74) is 1.24. The molecule has 1 aromatic carbocycles. The number of piperidine rings is 1. The van der Waals surface area contributed by atoms with E-state index in [9.17, 15) is 4.79 Å². The zero-order valence-electron chi connectivity index (χ0n) is 16.2. The number of likely N-dealkylation sites (tertiary alicyclic amines) is 1. The van der Waals surface area contributed by atoms with Crippen LogP contribution in [0.15, 0.2) is 47.1 Å². The van der Waals surface area contributed by atoms with E-state index in [0.29, 0.717) is 46.1 Å². The summed E-state index contributed by atoms with van der Waals surface area (Å²) in [6.45, 7) is 2.42. The van der Waals surface area contributed by atoms with Gasteiger partial charge in [0.2, 0.25) is 17.6 Å². The highest BCUT2D eigenvalue weighted by atomic mass is 35.5. The maximum Gasteiger partial charge on any atom is 0.230 e. The molecule has 7 nitrogen and oxygen atoms in total. The molecule has 1 amide bonds. The number of rotatable bonds is 6. The molecular weight excluding hydrogens is 425 g/mol. The second-order valence-electron chi connectivity index (χ2n) is 7.21. The van der Waals surface area contributed by atoms with Crippen molar-refractivity contribution in [3.63, 3.8) is 0 Å². The Morgan fingerprint density at radius 3 is 2.80 bits per heavy atom. The Labute approximate surface area is 184 Å². The van der Waals surface area contributed by atoms with Crippen LogP contribution in [-0.2, 0) is 4.79 Å². The van der Waals surface area contributed by atoms with Crippen molar-refractivity contribution in [3.8, 4) is 11.5 Å². The lowest BCUT2D eigenvalue weighted by molar-refractivity contribution is -0.116. The van der Waals surface area contributed by atoms with Gasteiger partial charge < -0.3 is 14.7 Å². The van der Waals surface area contributed by atoms with Crippen molar-refractivity contribution in [2.24, 2.45) is 0 Å². The van der Waals surface area contributed by atoms with E-state index in [-0.39, 0.29) is 11.8 Å². The monoisotopic (exact) mass is 445 g/mol. The van der Waals surface area contributed by atoms with Gasteiger partial charge in [-0.3, -0.25) is 9.78 Å². The van der Waals surface area contributed by atoms with Gasteiger partial charge >= 0.3 is 0 Å². The molecule has 30 heavy (non-hydrogen) atoms. The number of carbonyl (C=O) groups is 1. The number of pyridine rings is 1. The number of hydrogen-bond acceptors (Lipinski definition) is 6. The minimum absolute atomic E-state index is 0.0850. The highest BCUT2D eigenvalue weighted by molar-refractivity contribution is 6.35. The predicted molar refractivity (Wildman–Crippen MR) is 116 cm³/mol. The van der Waals surface area contributed by atoms with Gasteiger partial charge in [0, 0.05) is 30.1 Å². The molecule has 2 aromatic heterocycles. The van der Waals surface area contributed by atoms with Gasteiger partial charge in [0.1, 0.15) is 5.69 Å². The number of anilines is 1. The normalized spacial score (nSPS) is 15.3. The number of hydrogen-bond donors (Lipinski definition) is 1. The second-order valence-corrected chi connectivity index (χ2v) is 8.05. The van der Waals surface area contributed by atoms with E-state index in [4.69, 9.17) is 27.7 Å². The van der Waals surface area contributed by atoms with Crippen molar-refractivity contribution in [2.45, 2.75) is 25.2 Å². The maximum atomic E-state index is 12.3. The number of amides is 1. The van der Waals surface area contributed by atoms with E-state index in [1.807, 2.05) is 18.2 Å². The van der Waals surface area contributed by atoms with E-state index in [1.54, 1.807) is 24.4 Å². The first-order valence-corrected chi connectivity index (χ1v) is 10.6. The molecule has 3 aromatic rings. The van der Waals surface area contributed by atoms with Crippen LogP contribution in [-0.4, -0.2) is 45.6 Å². The summed E-state index contributed by atoms with van der Waals surface area (Å²) in [4.78, 5) is 23.3. The zero-order chi connectivity index (χ0) is 20.9. The van der Waals surface area contributed by atoms with Gasteiger partial charge in [-0.15, -0.1) is 0 Å². The number of benzene rings is 1. The summed E-state index contributed by atoms with van der Waals surface area (Å²) < 4.78 is 5.47. The quantitative estimate of drug-likeness (QED) is 0.594. The van der Waals surface area contributed by atoms with Crippen LogP contribution in [0.2, 0.25) is 10.0 Å². The third kappa shape index (κ3) is 5.16. The lowest BCUT2D eigenvalue weighted by Gasteiger charge is -2.30. The van der Waals surface area contributed by atoms with Gasteiger partial charge in [-0.2, -0.15) is 4.98 Å². The van der Waals surface area contributed by atoms with Crippen molar-refractivity contribution in [1.29, 1.82) is 0 Å². The van der Waals surface area contributed by atoms with Crippen molar-refractivity contribution in [3.05, 3.63) is 58.5 Å². The lowest BCUT2D eigenvalue weighted by Crippen LogP contribution is -2.35. The molecular formula is C21H21Cl2N5O2. The van der Waals surface area contributed by atoms with Crippen LogP contribution < -0.4 is 5.32 Å². The van der Waals surface area contributed by atoms with Crippen molar-refractivity contribution < 1.29 is 9.32 Å². The van der Waals surface area contributed by atoms with E-state index in [2.05, 4.69) is 25.3 Å². The van der Waals surface area contributed by atoms with E-state index >= 15 is 0 Å². The Bertz CT molecular complexity index is 1000. The first-order chi connectivity index (χ1) is 14.6. The number of nitrogens with one attached hydrogen (secondary N) is 1. The SMILES string of the molecule is O=C(CCN1CCC(c2nc(-c3ccccn3)no2)CC1)Nc1cc(Cl)ccc1Cl. The third-order valence-electron chi connectivity index (χ3n) is 5.13. The van der Waals surface area contributed by atoms with Crippen LogP contribution in [0.5, 0.6) is 0 Å². The van der Waals surface area contributed by atoms with Crippen LogP contribution in [0.1, 0.15) is 31.1 Å². The summed E-state index contributed by atoms with van der Waals surface area (Å²) >= 11 is 12.1. The van der Waals surface area contributed by atoms with Gasteiger partial charge in [0.05, 0.1) is 10.7 Å². The van der Waals surface area contributed by atoms with E-state index < -0.39 is 0 Å². The van der Waals surface area contributed by atoms with Crippen LogP contribution in [0.3, 0.4) is 0 Å². The summed E-state index contributed by atoms with van der Waals surface area (Å²) in [6, 6.07) is 10.6. The maximum absolute atomic E-state index is 12.3. The summed E-state index contributed by atoms with van der Waals surface area (Å²) in [6.07, 6.45) is 3.91. The van der Waals surface area contributed by atoms with E-state index in [1.165, 1.54) is 0 Å². The molecule has 1 saturated heterocycles. The second kappa shape index (κ2) is 9.55. The topological polar surface area (TPSA) is 84.2 Å². The molecule has 1 fully saturated rings. The first kappa shape index (κ1) is 20.8. The Morgan fingerprint density at radius 2 is 2.03 bits per heavy atom. The van der Waals surface area contributed by atoms with Crippen LogP contribution in [0.4, 0.5) is 5.69 Å². The summed E-state index contributed by atoms with van der Waals surface area (Å²) in [5, 5.41) is 7.88. The fraction of sp³-hybridized carbons (Fsp3) is 0.333. The molecule has 0 atom stereocenters. The number of aromatic nitrogens is 3. The molecule has 3 heterocycles. The van der Waals surface area contributed by atoms with Crippen molar-refractivity contribution in [1.82, 2.24) is 20.0 Å². The summed E-state index contributed by atoms with van der Waals surface area (Å²) in [5.74, 6) is 1.32. The molecule has 9 heteroatoms. The van der Waals surface area contributed by atoms with Gasteiger partial charge in [-0.1, -0.05) is 34.4 Å². The van der Waals surface area contributed by atoms with Gasteiger partial charge in [0.25, 0.3) is 0 Å². The Kier molecular flexibility index (Phi) is 6.62. The molecule has 0 spiro atoms. The van der Waals surface area contributed by atoms with E-state index in [0.717, 1.165) is 25.9 Å². The number of nitrogens with zero attached hydrogens (tertiary/aromatic N) is 4. The third-order valence-corrected chi connectivity index (χ3v) is 5.69. The average Bonchev–Trinajstić information content (AvgIpc) is 3.26. The van der Waals surface area contributed by atoms with Crippen LogP contribution in [0, 0.1) is 0 Å². The fourth-order valence-corrected chi connectivity index (χ4v) is 3.81. The molecule has 156 valence electrons. The average molecular weight is 446 g/mol. The molecule has 1 aliphatic rings. The van der Waals surface area contributed by atoms with Crippen molar-refractivity contribution in [2.75, 3.05) is 25.0 Å². The molecule has 0 unspecified atom stereocenters. The molecule has 0 aliphatic carbocycles. The first-order valence-electron chi connectivity index (χ1n) is 9.81. The molecule has 0 radical (unpaired) electrons. The standard InChI is InChI=1S/C21H21Cl2N5O2/c22-15-4-5-16(23)18(13-15)25-19(29)8-12-28-10-6-14(7-11-28)21-26-20(27-30-21)17-3-1-2-9-24-17/h1-5,9,13-14H,6-8,10-12H2,(H,25,29). The van der Waals surface area contributed by atoms with Gasteiger partial charge in [-0.25, -0.2) is 0 Å². The summed E-state index contributed by atoms with van der Waals surface area (Å²) in [7, 11) is 0. The number of halogens is 2. The van der Waals surface area contributed by atoms with Gasteiger partial charge in [0.15, 0.2) is 0 Å². The minimum atomic E-state index is -0.0850. The Balaban J connectivity index is 1.24. The lowest BCUT2D eigenvalue weighted by atomic mass is 9.96. The van der Waals surface area contributed by atoms with Crippen LogP contribution >= 0.6 is 23.2 Å². The minimum Gasteiger partial charge on any atom is -0.339 e. The number of carbonyl (C=O) groups excluding carboxylic acids is 1. The molecule has 1 N–H and O–H groups in total. The van der Waals surface area contributed by atoms with Gasteiger partial charge in [-0.05, 0) is 56.3 Å². The smallest absolute Gasteiger partial charge is 0.230 e. The molecule has 0 saturated carbocycles. The highest BCUT2D eigenvalue weighted by Crippen LogP contribution is 2.28. The molecule has 0 bridgehead atoms. The van der Waals surface area contributed by atoms with Crippen LogP contribution in [0.25, 0.3) is 11.5 Å². The Morgan fingerprint density at radius 1 is 1.20 bits per heavy atom. The molecule has 1 aliphatic heterocycles. The fourth-order valence-electron chi connectivity index (χ4n) is 3.47. The zero-order valence-corrected chi connectivity index (χ0v) is 17.7.